The molecule has 0 aromatic heterocycles. The molecule has 0 spiro atoms. The first-order chi connectivity index (χ1) is 7.41. The molecule has 0 aromatic carbocycles. The van der Waals surface area contributed by atoms with Gasteiger partial charge in [0.15, 0.2) is 0 Å². The number of hydrogen-bond acceptors (Lipinski definition) is 1. The van der Waals surface area contributed by atoms with Crippen LogP contribution >= 0.6 is 0 Å². The van der Waals surface area contributed by atoms with E-state index in [4.69, 9.17) is 4.99 Å². The topological polar surface area (TPSA) is 12.4 Å². The van der Waals surface area contributed by atoms with E-state index < -0.39 is 0 Å². The summed E-state index contributed by atoms with van der Waals surface area (Å²) in [6, 6.07) is 0. The normalized spacial score (nSPS) is 28.8. The zero-order valence-corrected chi connectivity index (χ0v) is 11.2. The van der Waals surface area contributed by atoms with Gasteiger partial charge in [-0.15, -0.1) is 0 Å². The van der Waals surface area contributed by atoms with E-state index in [1.54, 1.807) is 0 Å². The van der Waals surface area contributed by atoms with Crippen LogP contribution in [0.3, 0.4) is 0 Å². The van der Waals surface area contributed by atoms with Crippen molar-refractivity contribution in [1.82, 2.24) is 0 Å². The molecule has 0 aromatic rings. The van der Waals surface area contributed by atoms with Crippen LogP contribution in [0.1, 0.15) is 53.4 Å². The molecule has 0 unspecified atom stereocenters. The molecule has 16 heavy (non-hydrogen) atoms. The molecular weight excluding hydrogens is 194 g/mol. The Kier molecular flexibility index (Phi) is 4.52. The van der Waals surface area contributed by atoms with E-state index in [2.05, 4.69) is 58.2 Å². The van der Waals surface area contributed by atoms with Crippen molar-refractivity contribution >= 4 is 6.21 Å². The molecule has 0 N–H and O–H groups in total. The first-order valence-electron chi connectivity index (χ1n) is 6.28. The monoisotopic (exact) mass is 219 g/mol. The average Bonchev–Trinajstić information content (AvgIpc) is 2.18. The summed E-state index contributed by atoms with van der Waals surface area (Å²) in [4.78, 5) is 4.73. The van der Waals surface area contributed by atoms with E-state index in [9.17, 15) is 0 Å². The Labute approximate surface area is 100 Å². The van der Waals surface area contributed by atoms with Crippen LogP contribution in [0.15, 0.2) is 29.3 Å². The minimum atomic E-state index is 0.0384. The van der Waals surface area contributed by atoms with Crippen molar-refractivity contribution in [3.63, 3.8) is 0 Å². The SMILES string of the molecule is CC1(C)C=NC(C)(C)C/C=C/CC/C=C/C1. The fraction of sp³-hybridized carbons (Fsp3) is 0.667. The van der Waals surface area contributed by atoms with Crippen molar-refractivity contribution in [3.8, 4) is 0 Å². The zero-order chi connectivity index (χ0) is 12.1. The van der Waals surface area contributed by atoms with Gasteiger partial charge in [-0.2, -0.15) is 0 Å². The van der Waals surface area contributed by atoms with E-state index >= 15 is 0 Å². The number of allylic oxidation sites excluding steroid dienone is 3. The van der Waals surface area contributed by atoms with Gasteiger partial charge in [-0.1, -0.05) is 38.2 Å². The first kappa shape index (κ1) is 13.2. The number of rotatable bonds is 0. The Balaban J connectivity index is 2.80. The third-order valence-electron chi connectivity index (χ3n) is 2.86. The van der Waals surface area contributed by atoms with Gasteiger partial charge in [-0.25, -0.2) is 0 Å². The van der Waals surface area contributed by atoms with E-state index in [1.165, 1.54) is 0 Å². The molecule has 0 fully saturated rings. The molecule has 0 saturated carbocycles. The summed E-state index contributed by atoms with van der Waals surface area (Å²) in [5.74, 6) is 0. The Morgan fingerprint density at radius 3 is 2.00 bits per heavy atom. The highest BCUT2D eigenvalue weighted by Crippen LogP contribution is 2.22. The Morgan fingerprint density at radius 1 is 0.812 bits per heavy atom. The van der Waals surface area contributed by atoms with Crippen molar-refractivity contribution < 1.29 is 0 Å². The Hall–Kier alpha value is -0.850. The lowest BCUT2D eigenvalue weighted by atomic mass is 9.89. The van der Waals surface area contributed by atoms with Gasteiger partial charge in [0.05, 0.1) is 5.54 Å². The Morgan fingerprint density at radius 2 is 1.38 bits per heavy atom. The lowest BCUT2D eigenvalue weighted by molar-refractivity contribution is 0.499. The summed E-state index contributed by atoms with van der Waals surface area (Å²) in [6.07, 6.45) is 15.7. The lowest BCUT2D eigenvalue weighted by Crippen LogP contribution is -2.20. The molecule has 0 radical (unpaired) electrons. The van der Waals surface area contributed by atoms with Crippen molar-refractivity contribution in [2.45, 2.75) is 58.9 Å². The quantitative estimate of drug-likeness (QED) is 0.530. The molecule has 0 atom stereocenters. The molecule has 1 aliphatic rings. The maximum atomic E-state index is 4.73. The number of aliphatic imine (C=N–C) groups is 1. The van der Waals surface area contributed by atoms with Crippen LogP contribution in [0.2, 0.25) is 0 Å². The van der Waals surface area contributed by atoms with Crippen molar-refractivity contribution in [3.05, 3.63) is 24.3 Å². The lowest BCUT2D eigenvalue weighted by Gasteiger charge is -2.23. The predicted molar refractivity (Wildman–Crippen MR) is 73.1 cm³/mol. The van der Waals surface area contributed by atoms with Crippen LogP contribution < -0.4 is 0 Å². The van der Waals surface area contributed by atoms with Crippen LogP contribution in [-0.2, 0) is 0 Å². The third kappa shape index (κ3) is 5.29. The van der Waals surface area contributed by atoms with Crippen LogP contribution in [0.5, 0.6) is 0 Å². The summed E-state index contributed by atoms with van der Waals surface area (Å²) in [6.45, 7) is 8.90. The standard InChI is InChI=1S/C15H25N/c1-14(2)11-9-7-5-6-8-10-12-15(3,4)16-13-14/h7-10,13H,5-6,11-12H2,1-4H3/b9-7+,10-8+,16-13?. The average molecular weight is 219 g/mol. The summed E-state index contributed by atoms with van der Waals surface area (Å²) in [5, 5.41) is 0. The largest absolute Gasteiger partial charge is 0.291 e. The zero-order valence-electron chi connectivity index (χ0n) is 11.2. The second-order valence-corrected chi connectivity index (χ2v) is 5.99. The minimum Gasteiger partial charge on any atom is -0.291 e. The molecule has 0 bridgehead atoms. The van der Waals surface area contributed by atoms with Gasteiger partial charge >= 0.3 is 0 Å². The van der Waals surface area contributed by atoms with Crippen LogP contribution in [0.4, 0.5) is 0 Å². The van der Waals surface area contributed by atoms with Crippen molar-refractivity contribution in [2.24, 2.45) is 10.4 Å². The first-order valence-corrected chi connectivity index (χ1v) is 6.28. The van der Waals surface area contributed by atoms with E-state index in [1.807, 2.05) is 0 Å². The maximum absolute atomic E-state index is 4.73. The van der Waals surface area contributed by atoms with Gasteiger partial charge in [0, 0.05) is 11.6 Å². The smallest absolute Gasteiger partial charge is 0.0582 e. The van der Waals surface area contributed by atoms with Gasteiger partial charge in [0.1, 0.15) is 0 Å². The van der Waals surface area contributed by atoms with Gasteiger partial charge in [-0.3, -0.25) is 4.99 Å². The summed E-state index contributed by atoms with van der Waals surface area (Å²) < 4.78 is 0. The van der Waals surface area contributed by atoms with Crippen molar-refractivity contribution in [1.29, 1.82) is 0 Å². The van der Waals surface area contributed by atoms with Gasteiger partial charge < -0.3 is 0 Å². The van der Waals surface area contributed by atoms with E-state index in [0.29, 0.717) is 0 Å². The summed E-state index contributed by atoms with van der Waals surface area (Å²) in [7, 11) is 0. The maximum Gasteiger partial charge on any atom is 0.0582 e. The molecule has 0 aliphatic carbocycles. The van der Waals surface area contributed by atoms with E-state index in [0.717, 1.165) is 25.7 Å². The highest BCUT2D eigenvalue weighted by Gasteiger charge is 2.17. The molecule has 1 rings (SSSR count). The predicted octanol–water partition coefficient (Wildman–Crippen LogP) is 4.55. The third-order valence-corrected chi connectivity index (χ3v) is 2.86. The molecule has 0 amide bonds. The Bertz CT molecular complexity index is 263. The van der Waals surface area contributed by atoms with Gasteiger partial charge in [0.2, 0.25) is 0 Å². The van der Waals surface area contributed by atoms with Crippen LogP contribution in [0.25, 0.3) is 0 Å². The fourth-order valence-corrected chi connectivity index (χ4v) is 1.64. The summed E-state index contributed by atoms with van der Waals surface area (Å²) >= 11 is 0. The van der Waals surface area contributed by atoms with Crippen molar-refractivity contribution in [2.75, 3.05) is 0 Å². The molecule has 1 heterocycles. The molecule has 1 nitrogen and oxygen atoms in total. The van der Waals surface area contributed by atoms with Crippen LogP contribution in [0, 0.1) is 5.41 Å². The van der Waals surface area contributed by atoms with Gasteiger partial charge in [0.25, 0.3) is 0 Å². The second kappa shape index (κ2) is 5.47. The molecule has 1 aliphatic heterocycles. The highest BCUT2D eigenvalue weighted by molar-refractivity contribution is 5.65. The number of nitrogens with zero attached hydrogens (tertiary/aromatic N) is 1. The van der Waals surface area contributed by atoms with Crippen LogP contribution in [-0.4, -0.2) is 11.8 Å². The second-order valence-electron chi connectivity index (χ2n) is 5.99. The highest BCUT2D eigenvalue weighted by atomic mass is 14.8. The molecule has 90 valence electrons. The molecule has 1 heteroatoms. The summed E-state index contributed by atoms with van der Waals surface area (Å²) in [5.41, 5.74) is 0.216. The minimum absolute atomic E-state index is 0.0384. The molecular formula is C15H25N. The van der Waals surface area contributed by atoms with E-state index in [-0.39, 0.29) is 11.0 Å². The molecule has 0 saturated heterocycles. The fourth-order valence-electron chi connectivity index (χ4n) is 1.64. The number of hydrogen-bond donors (Lipinski definition) is 0. The van der Waals surface area contributed by atoms with Gasteiger partial charge in [-0.05, 0) is 39.5 Å².